The molecule has 0 spiro atoms. The van der Waals surface area contributed by atoms with Gasteiger partial charge in [-0.2, -0.15) is 0 Å². The number of fused-ring (bicyclic) bond motifs is 1. The summed E-state index contributed by atoms with van der Waals surface area (Å²) >= 11 is 0. The van der Waals surface area contributed by atoms with E-state index in [2.05, 4.69) is 0 Å². The van der Waals surface area contributed by atoms with Gasteiger partial charge in [0.15, 0.2) is 5.76 Å². The summed E-state index contributed by atoms with van der Waals surface area (Å²) in [6.07, 6.45) is 0.376. The standard InChI is InChI=1S/C17H14O2/c1-12-5-4-6-13(9-12)10-15(18)17-11-14-7-2-3-8-16(14)19-17/h2-9,11H,10H2,1H3. The van der Waals surface area contributed by atoms with Crippen molar-refractivity contribution in [2.45, 2.75) is 13.3 Å². The Labute approximate surface area is 111 Å². The molecule has 2 heteroatoms. The first-order valence-electron chi connectivity index (χ1n) is 6.30. The van der Waals surface area contributed by atoms with E-state index in [1.807, 2.05) is 61.5 Å². The molecule has 19 heavy (non-hydrogen) atoms. The predicted molar refractivity (Wildman–Crippen MR) is 75.4 cm³/mol. The molecule has 0 amide bonds. The molecule has 0 bridgehead atoms. The van der Waals surface area contributed by atoms with Crippen molar-refractivity contribution < 1.29 is 9.21 Å². The van der Waals surface area contributed by atoms with Crippen LogP contribution in [0.5, 0.6) is 0 Å². The number of hydrogen-bond acceptors (Lipinski definition) is 2. The Morgan fingerprint density at radius 2 is 1.89 bits per heavy atom. The Morgan fingerprint density at radius 1 is 1.05 bits per heavy atom. The van der Waals surface area contributed by atoms with E-state index in [1.54, 1.807) is 0 Å². The molecule has 0 saturated heterocycles. The molecule has 0 aliphatic rings. The van der Waals surface area contributed by atoms with Crippen molar-refractivity contribution in [3.8, 4) is 0 Å². The number of benzene rings is 2. The summed E-state index contributed by atoms with van der Waals surface area (Å²) in [6, 6.07) is 17.5. The van der Waals surface area contributed by atoms with E-state index in [0.717, 1.165) is 22.1 Å². The molecule has 0 aliphatic heterocycles. The van der Waals surface area contributed by atoms with Gasteiger partial charge in [0.2, 0.25) is 5.78 Å². The highest BCUT2D eigenvalue weighted by Gasteiger charge is 2.12. The fourth-order valence-electron chi connectivity index (χ4n) is 2.21. The van der Waals surface area contributed by atoms with Gasteiger partial charge in [0.05, 0.1) is 0 Å². The first kappa shape index (κ1) is 11.7. The Morgan fingerprint density at radius 3 is 2.68 bits per heavy atom. The van der Waals surface area contributed by atoms with Gasteiger partial charge in [-0.25, -0.2) is 0 Å². The van der Waals surface area contributed by atoms with Gasteiger partial charge < -0.3 is 4.42 Å². The van der Waals surface area contributed by atoms with Crippen LogP contribution in [-0.4, -0.2) is 5.78 Å². The number of hydrogen-bond donors (Lipinski definition) is 0. The fraction of sp³-hybridized carbons (Fsp3) is 0.118. The van der Waals surface area contributed by atoms with Gasteiger partial charge in [-0.05, 0) is 24.6 Å². The van der Waals surface area contributed by atoms with Crippen molar-refractivity contribution in [2.24, 2.45) is 0 Å². The van der Waals surface area contributed by atoms with Gasteiger partial charge in [0, 0.05) is 11.8 Å². The molecule has 0 saturated carbocycles. The van der Waals surface area contributed by atoms with E-state index in [1.165, 1.54) is 0 Å². The summed E-state index contributed by atoms with van der Waals surface area (Å²) in [5.74, 6) is 0.449. The SMILES string of the molecule is Cc1cccc(CC(=O)c2cc3ccccc3o2)c1. The molecule has 0 atom stereocenters. The second-order valence-electron chi connectivity index (χ2n) is 4.74. The third-order valence-corrected chi connectivity index (χ3v) is 3.15. The lowest BCUT2D eigenvalue weighted by Gasteiger charge is -2.00. The van der Waals surface area contributed by atoms with Crippen LogP contribution in [-0.2, 0) is 6.42 Å². The molecule has 2 aromatic carbocycles. The smallest absolute Gasteiger partial charge is 0.202 e. The molecule has 1 aromatic heterocycles. The normalized spacial score (nSPS) is 10.8. The zero-order chi connectivity index (χ0) is 13.2. The number of rotatable bonds is 3. The fourth-order valence-corrected chi connectivity index (χ4v) is 2.21. The third-order valence-electron chi connectivity index (χ3n) is 3.15. The van der Waals surface area contributed by atoms with Crippen LogP contribution in [0.1, 0.15) is 21.7 Å². The molecule has 94 valence electrons. The van der Waals surface area contributed by atoms with Crippen molar-refractivity contribution in [3.63, 3.8) is 0 Å². The van der Waals surface area contributed by atoms with E-state index in [9.17, 15) is 4.79 Å². The molecule has 3 rings (SSSR count). The van der Waals surface area contributed by atoms with E-state index in [-0.39, 0.29) is 5.78 Å². The molecular weight excluding hydrogens is 236 g/mol. The van der Waals surface area contributed by atoms with Crippen LogP contribution in [0.4, 0.5) is 0 Å². The van der Waals surface area contributed by atoms with E-state index in [0.29, 0.717) is 12.2 Å². The van der Waals surface area contributed by atoms with Crippen LogP contribution >= 0.6 is 0 Å². The molecular formula is C17H14O2. The number of aryl methyl sites for hydroxylation is 1. The topological polar surface area (TPSA) is 30.2 Å². The van der Waals surface area contributed by atoms with Crippen molar-refractivity contribution in [2.75, 3.05) is 0 Å². The van der Waals surface area contributed by atoms with E-state index >= 15 is 0 Å². The van der Waals surface area contributed by atoms with Gasteiger partial charge >= 0.3 is 0 Å². The van der Waals surface area contributed by atoms with Crippen LogP contribution in [0.15, 0.2) is 59.0 Å². The molecule has 0 N–H and O–H groups in total. The van der Waals surface area contributed by atoms with E-state index in [4.69, 9.17) is 4.42 Å². The summed E-state index contributed by atoms with van der Waals surface area (Å²) in [5, 5.41) is 0.968. The average Bonchev–Trinajstić information content (AvgIpc) is 2.82. The third kappa shape index (κ3) is 2.43. The van der Waals surface area contributed by atoms with Gasteiger partial charge in [-0.15, -0.1) is 0 Å². The zero-order valence-electron chi connectivity index (χ0n) is 10.7. The lowest BCUT2D eigenvalue weighted by atomic mass is 10.1. The molecule has 2 nitrogen and oxygen atoms in total. The number of ketones is 1. The van der Waals surface area contributed by atoms with Crippen molar-refractivity contribution in [1.82, 2.24) is 0 Å². The van der Waals surface area contributed by atoms with Gasteiger partial charge in [0.1, 0.15) is 5.58 Å². The Balaban J connectivity index is 1.87. The second-order valence-corrected chi connectivity index (χ2v) is 4.74. The van der Waals surface area contributed by atoms with Crippen molar-refractivity contribution in [3.05, 3.63) is 71.5 Å². The van der Waals surface area contributed by atoms with Crippen LogP contribution in [0.2, 0.25) is 0 Å². The Hall–Kier alpha value is -2.35. The summed E-state index contributed by atoms with van der Waals surface area (Å²) in [7, 11) is 0. The van der Waals surface area contributed by atoms with Gasteiger partial charge in [0.25, 0.3) is 0 Å². The molecule has 1 heterocycles. The highest BCUT2D eigenvalue weighted by Crippen LogP contribution is 2.20. The van der Waals surface area contributed by atoms with Gasteiger partial charge in [-0.3, -0.25) is 4.79 Å². The van der Waals surface area contributed by atoms with E-state index < -0.39 is 0 Å². The minimum Gasteiger partial charge on any atom is -0.453 e. The number of Topliss-reactive ketones (excluding diaryl/α,β-unsaturated/α-hetero) is 1. The Kier molecular flexibility index (Phi) is 2.92. The van der Waals surface area contributed by atoms with Crippen LogP contribution in [0.3, 0.4) is 0 Å². The van der Waals surface area contributed by atoms with Crippen LogP contribution in [0.25, 0.3) is 11.0 Å². The summed E-state index contributed by atoms with van der Waals surface area (Å²) in [6.45, 7) is 2.02. The number of furan rings is 1. The first-order valence-corrected chi connectivity index (χ1v) is 6.30. The van der Waals surface area contributed by atoms with Crippen molar-refractivity contribution >= 4 is 16.8 Å². The summed E-state index contributed by atoms with van der Waals surface area (Å²) in [4.78, 5) is 12.2. The Bertz CT molecular complexity index is 705. The highest BCUT2D eigenvalue weighted by molar-refractivity contribution is 5.98. The molecule has 3 aromatic rings. The monoisotopic (exact) mass is 250 g/mol. The first-order chi connectivity index (χ1) is 9.22. The number of para-hydroxylation sites is 1. The quantitative estimate of drug-likeness (QED) is 0.653. The number of carbonyl (C=O) groups excluding carboxylic acids is 1. The lowest BCUT2D eigenvalue weighted by molar-refractivity contribution is 0.0968. The van der Waals surface area contributed by atoms with Gasteiger partial charge in [-0.1, -0.05) is 48.0 Å². The minimum absolute atomic E-state index is 0.0156. The molecule has 0 aliphatic carbocycles. The van der Waals surface area contributed by atoms with Crippen molar-refractivity contribution in [1.29, 1.82) is 0 Å². The van der Waals surface area contributed by atoms with Crippen LogP contribution in [0, 0.1) is 6.92 Å². The largest absolute Gasteiger partial charge is 0.453 e. The zero-order valence-corrected chi connectivity index (χ0v) is 10.7. The molecule has 0 radical (unpaired) electrons. The van der Waals surface area contributed by atoms with Crippen LogP contribution < -0.4 is 0 Å². The predicted octanol–water partition coefficient (Wildman–Crippen LogP) is 4.17. The summed E-state index contributed by atoms with van der Waals surface area (Å²) in [5.41, 5.74) is 2.94. The highest BCUT2D eigenvalue weighted by atomic mass is 16.3. The maximum Gasteiger partial charge on any atom is 0.202 e. The molecule has 0 unspecified atom stereocenters. The second kappa shape index (κ2) is 4.73. The average molecular weight is 250 g/mol. The minimum atomic E-state index is 0.0156. The maximum absolute atomic E-state index is 12.2. The number of carbonyl (C=O) groups is 1. The molecule has 0 fully saturated rings. The maximum atomic E-state index is 12.2. The summed E-state index contributed by atoms with van der Waals surface area (Å²) < 4.78 is 5.58. The lowest BCUT2D eigenvalue weighted by Crippen LogP contribution is -2.01.